The molecule has 1 aliphatic heterocycles. The third-order valence-corrected chi connectivity index (χ3v) is 4.62. The summed E-state index contributed by atoms with van der Waals surface area (Å²) in [6.07, 6.45) is 1.79. The molecular formula is C17H20Cl3N3O3. The fourth-order valence-corrected chi connectivity index (χ4v) is 3.28. The van der Waals surface area contributed by atoms with E-state index in [4.69, 9.17) is 32.5 Å². The molecular weight excluding hydrogens is 401 g/mol. The Labute approximate surface area is 168 Å². The molecule has 1 saturated heterocycles. The molecule has 0 bridgehead atoms. The molecule has 6 nitrogen and oxygen atoms in total. The van der Waals surface area contributed by atoms with Gasteiger partial charge < -0.3 is 19.9 Å². The fraction of sp³-hybridized carbons (Fsp3) is 0.412. The summed E-state index contributed by atoms with van der Waals surface area (Å²) in [4.78, 5) is 12.3. The lowest BCUT2D eigenvalue weighted by atomic mass is 10.0. The molecule has 9 heteroatoms. The minimum atomic E-state index is -0.245. The van der Waals surface area contributed by atoms with Crippen LogP contribution in [0.1, 0.15) is 36.0 Å². The smallest absolute Gasteiger partial charge is 0.273 e. The number of rotatable bonds is 5. The van der Waals surface area contributed by atoms with E-state index in [0.29, 0.717) is 27.6 Å². The predicted molar refractivity (Wildman–Crippen MR) is 102 cm³/mol. The third kappa shape index (κ3) is 5.27. The van der Waals surface area contributed by atoms with E-state index < -0.39 is 0 Å². The number of hydrogen-bond donors (Lipinski definition) is 2. The molecule has 26 heavy (non-hydrogen) atoms. The number of amides is 1. The largest absolute Gasteiger partial charge is 0.482 e. The summed E-state index contributed by atoms with van der Waals surface area (Å²) in [5.74, 6) is 0.543. The molecule has 3 rings (SSSR count). The maximum Gasteiger partial charge on any atom is 0.273 e. The van der Waals surface area contributed by atoms with E-state index in [0.717, 1.165) is 19.4 Å². The van der Waals surface area contributed by atoms with Gasteiger partial charge in [-0.2, -0.15) is 0 Å². The number of ether oxygens (including phenoxy) is 1. The Morgan fingerprint density at radius 1 is 1.42 bits per heavy atom. The molecule has 2 unspecified atom stereocenters. The highest BCUT2D eigenvalue weighted by atomic mass is 35.5. The van der Waals surface area contributed by atoms with Crippen LogP contribution in [0.4, 0.5) is 0 Å². The first-order valence-corrected chi connectivity index (χ1v) is 8.85. The average Bonchev–Trinajstić information content (AvgIpc) is 3.03. The first-order chi connectivity index (χ1) is 12.0. The Kier molecular flexibility index (Phi) is 7.58. The SMILES string of the molecule is CC1CC(NC(=O)c2cc(COc3c(Cl)cccc3Cl)on2)CCN1.Cl. The van der Waals surface area contributed by atoms with Crippen LogP contribution in [0, 0.1) is 0 Å². The highest BCUT2D eigenvalue weighted by Gasteiger charge is 2.22. The van der Waals surface area contributed by atoms with Gasteiger partial charge in [0.25, 0.3) is 5.91 Å². The highest BCUT2D eigenvalue weighted by Crippen LogP contribution is 2.32. The van der Waals surface area contributed by atoms with Crippen LogP contribution in [0.3, 0.4) is 0 Å². The molecule has 2 aromatic rings. The van der Waals surface area contributed by atoms with Crippen LogP contribution >= 0.6 is 35.6 Å². The van der Waals surface area contributed by atoms with Gasteiger partial charge in [0.1, 0.15) is 6.61 Å². The van der Waals surface area contributed by atoms with Gasteiger partial charge in [0.05, 0.1) is 10.0 Å². The number of aromatic nitrogens is 1. The van der Waals surface area contributed by atoms with E-state index in [1.54, 1.807) is 24.3 Å². The fourth-order valence-electron chi connectivity index (χ4n) is 2.77. The Morgan fingerprint density at radius 3 is 2.85 bits per heavy atom. The van der Waals surface area contributed by atoms with E-state index >= 15 is 0 Å². The molecule has 2 heterocycles. The van der Waals surface area contributed by atoms with Crippen molar-refractivity contribution >= 4 is 41.5 Å². The minimum Gasteiger partial charge on any atom is -0.482 e. The van der Waals surface area contributed by atoms with Gasteiger partial charge in [-0.15, -0.1) is 12.4 Å². The maximum absolute atomic E-state index is 12.3. The van der Waals surface area contributed by atoms with E-state index in [-0.39, 0.29) is 36.7 Å². The van der Waals surface area contributed by atoms with E-state index in [1.807, 2.05) is 0 Å². The monoisotopic (exact) mass is 419 g/mol. The van der Waals surface area contributed by atoms with Crippen molar-refractivity contribution in [1.82, 2.24) is 15.8 Å². The minimum absolute atomic E-state index is 0. The molecule has 1 fully saturated rings. The zero-order valence-corrected chi connectivity index (χ0v) is 16.5. The number of carbonyl (C=O) groups is 1. The van der Waals surface area contributed by atoms with Crippen LogP contribution in [-0.4, -0.2) is 29.7 Å². The predicted octanol–water partition coefficient (Wildman–Crippen LogP) is 3.85. The van der Waals surface area contributed by atoms with Crippen LogP contribution in [0.15, 0.2) is 28.8 Å². The number of benzene rings is 1. The van der Waals surface area contributed by atoms with Crippen molar-refractivity contribution in [2.24, 2.45) is 0 Å². The van der Waals surface area contributed by atoms with Crippen LogP contribution in [0.5, 0.6) is 5.75 Å². The Hall–Kier alpha value is -1.47. The normalized spacial score (nSPS) is 19.5. The maximum atomic E-state index is 12.3. The molecule has 1 amide bonds. The molecule has 1 aliphatic rings. The van der Waals surface area contributed by atoms with E-state index in [2.05, 4.69) is 22.7 Å². The summed E-state index contributed by atoms with van der Waals surface area (Å²) in [5.41, 5.74) is 0.232. The van der Waals surface area contributed by atoms with Crippen molar-refractivity contribution in [3.05, 3.63) is 45.8 Å². The van der Waals surface area contributed by atoms with Crippen molar-refractivity contribution in [3.63, 3.8) is 0 Å². The molecule has 0 saturated carbocycles. The molecule has 0 radical (unpaired) electrons. The highest BCUT2D eigenvalue weighted by molar-refractivity contribution is 6.37. The molecule has 2 atom stereocenters. The van der Waals surface area contributed by atoms with Crippen LogP contribution in [0.2, 0.25) is 10.0 Å². The van der Waals surface area contributed by atoms with Crippen molar-refractivity contribution in [1.29, 1.82) is 0 Å². The van der Waals surface area contributed by atoms with Gasteiger partial charge in [0, 0.05) is 18.2 Å². The molecule has 0 spiro atoms. The Balaban J connectivity index is 0.00000243. The summed E-state index contributed by atoms with van der Waals surface area (Å²) in [6.45, 7) is 3.07. The lowest BCUT2D eigenvalue weighted by Gasteiger charge is -2.28. The first-order valence-electron chi connectivity index (χ1n) is 8.09. The van der Waals surface area contributed by atoms with Gasteiger partial charge in [-0.25, -0.2) is 0 Å². The lowest BCUT2D eigenvalue weighted by Crippen LogP contribution is -2.46. The number of piperidine rings is 1. The van der Waals surface area contributed by atoms with Gasteiger partial charge in [-0.1, -0.05) is 34.4 Å². The van der Waals surface area contributed by atoms with Crippen molar-refractivity contribution in [2.75, 3.05) is 6.54 Å². The van der Waals surface area contributed by atoms with Gasteiger partial charge in [0.2, 0.25) is 0 Å². The van der Waals surface area contributed by atoms with Gasteiger partial charge in [-0.05, 0) is 38.4 Å². The van der Waals surface area contributed by atoms with Crippen LogP contribution in [-0.2, 0) is 6.61 Å². The number of carbonyl (C=O) groups excluding carboxylic acids is 1. The first kappa shape index (κ1) is 20.8. The number of nitrogens with one attached hydrogen (secondary N) is 2. The lowest BCUT2D eigenvalue weighted by molar-refractivity contribution is 0.0916. The van der Waals surface area contributed by atoms with Crippen LogP contribution in [0.25, 0.3) is 0 Å². The second-order valence-electron chi connectivity index (χ2n) is 6.07. The van der Waals surface area contributed by atoms with E-state index in [9.17, 15) is 4.79 Å². The van der Waals surface area contributed by atoms with Gasteiger partial charge >= 0.3 is 0 Å². The van der Waals surface area contributed by atoms with Gasteiger partial charge in [-0.3, -0.25) is 4.79 Å². The Morgan fingerprint density at radius 2 is 2.15 bits per heavy atom. The molecule has 1 aromatic heterocycles. The van der Waals surface area contributed by atoms with Crippen molar-refractivity contribution in [2.45, 2.75) is 38.5 Å². The number of para-hydroxylation sites is 1. The van der Waals surface area contributed by atoms with Gasteiger partial charge in [0.15, 0.2) is 17.2 Å². The standard InChI is InChI=1S/C17H19Cl2N3O3.ClH/c1-10-7-11(5-6-20-10)21-17(23)15-8-12(25-22-15)9-24-16-13(18)3-2-4-14(16)19;/h2-4,8,10-11,20H,5-7,9H2,1H3,(H,21,23);1H. The topological polar surface area (TPSA) is 76.4 Å². The van der Waals surface area contributed by atoms with Crippen molar-refractivity contribution < 1.29 is 14.1 Å². The number of hydrogen-bond acceptors (Lipinski definition) is 5. The average molecular weight is 421 g/mol. The summed E-state index contributed by atoms with van der Waals surface area (Å²) < 4.78 is 10.7. The Bertz CT molecular complexity index is 734. The molecule has 0 aliphatic carbocycles. The number of halogens is 3. The summed E-state index contributed by atoms with van der Waals surface area (Å²) in [7, 11) is 0. The summed E-state index contributed by atoms with van der Waals surface area (Å²) >= 11 is 12.1. The summed E-state index contributed by atoms with van der Waals surface area (Å²) in [5, 5.41) is 11.0. The quantitative estimate of drug-likeness (QED) is 0.768. The molecule has 2 N–H and O–H groups in total. The summed E-state index contributed by atoms with van der Waals surface area (Å²) in [6, 6.07) is 7.19. The second-order valence-corrected chi connectivity index (χ2v) is 6.88. The van der Waals surface area contributed by atoms with Crippen molar-refractivity contribution in [3.8, 4) is 5.75 Å². The van der Waals surface area contributed by atoms with E-state index in [1.165, 1.54) is 0 Å². The second kappa shape index (κ2) is 9.46. The molecule has 142 valence electrons. The molecule has 1 aromatic carbocycles. The third-order valence-electron chi connectivity index (χ3n) is 4.03. The number of nitrogens with zero attached hydrogens (tertiary/aromatic N) is 1. The zero-order chi connectivity index (χ0) is 17.8. The van der Waals surface area contributed by atoms with Crippen LogP contribution < -0.4 is 15.4 Å². The zero-order valence-electron chi connectivity index (χ0n) is 14.1.